The molecule has 4 rings (SSSR count). The molecule has 2 N–H and O–H groups in total. The van der Waals surface area contributed by atoms with E-state index in [4.69, 9.17) is 23.2 Å². The second-order valence-corrected chi connectivity index (χ2v) is 10.9. The van der Waals surface area contributed by atoms with E-state index in [1.807, 2.05) is 0 Å². The highest BCUT2D eigenvalue weighted by atomic mass is 35.5. The summed E-state index contributed by atoms with van der Waals surface area (Å²) in [4.78, 5) is 15.0. The molecular weight excluding hydrogens is 512 g/mol. The lowest BCUT2D eigenvalue weighted by molar-refractivity contribution is -0.121. The largest absolute Gasteiger partial charge is 0.326 e. The molecule has 0 atom stereocenters. The summed E-state index contributed by atoms with van der Waals surface area (Å²) in [6.45, 7) is 2.26. The number of halogens is 3. The molecule has 1 heterocycles. The predicted molar refractivity (Wildman–Crippen MR) is 137 cm³/mol. The Balaban J connectivity index is 1.30. The van der Waals surface area contributed by atoms with E-state index in [9.17, 15) is 17.6 Å². The second-order valence-electron chi connectivity index (χ2n) is 8.42. The fourth-order valence-electron chi connectivity index (χ4n) is 3.94. The summed E-state index contributed by atoms with van der Waals surface area (Å²) in [5.74, 6) is -0.471. The summed E-state index contributed by atoms with van der Waals surface area (Å²) in [5.41, 5.74) is 1.78. The van der Waals surface area contributed by atoms with Crippen molar-refractivity contribution in [3.8, 4) is 0 Å². The van der Waals surface area contributed by atoms with Crippen LogP contribution in [0.5, 0.6) is 0 Å². The number of nitrogens with zero attached hydrogens (tertiary/aromatic N) is 1. The highest BCUT2D eigenvalue weighted by molar-refractivity contribution is 7.92. The van der Waals surface area contributed by atoms with Gasteiger partial charge in [-0.3, -0.25) is 14.4 Å². The van der Waals surface area contributed by atoms with E-state index >= 15 is 0 Å². The van der Waals surface area contributed by atoms with Crippen molar-refractivity contribution >= 4 is 50.5 Å². The average molecular weight is 536 g/mol. The molecule has 0 saturated carbocycles. The maximum absolute atomic E-state index is 13.1. The van der Waals surface area contributed by atoms with Crippen LogP contribution in [0.3, 0.4) is 0 Å². The maximum Gasteiger partial charge on any atom is 0.261 e. The molecule has 0 unspecified atom stereocenters. The zero-order chi connectivity index (χ0) is 25.0. The first-order valence-corrected chi connectivity index (χ1v) is 13.3. The van der Waals surface area contributed by atoms with E-state index in [0.29, 0.717) is 23.6 Å². The summed E-state index contributed by atoms with van der Waals surface area (Å²) in [6, 6.07) is 16.9. The van der Waals surface area contributed by atoms with Gasteiger partial charge in [-0.2, -0.15) is 0 Å². The number of hydrogen-bond donors (Lipinski definition) is 2. The number of amides is 1. The van der Waals surface area contributed by atoms with Crippen molar-refractivity contribution in [1.82, 2.24) is 4.90 Å². The van der Waals surface area contributed by atoms with E-state index in [1.165, 1.54) is 42.5 Å². The molecule has 0 aromatic heterocycles. The summed E-state index contributed by atoms with van der Waals surface area (Å²) in [6.07, 6.45) is 1.43. The number of likely N-dealkylation sites (tertiary alicyclic amines) is 1. The number of anilines is 2. The van der Waals surface area contributed by atoms with Crippen molar-refractivity contribution in [3.63, 3.8) is 0 Å². The van der Waals surface area contributed by atoms with Gasteiger partial charge in [-0.05, 0) is 86.1 Å². The Morgan fingerprint density at radius 3 is 2.26 bits per heavy atom. The number of nitrogens with one attached hydrogen (secondary N) is 2. The Morgan fingerprint density at radius 2 is 1.63 bits per heavy atom. The van der Waals surface area contributed by atoms with Gasteiger partial charge in [0.1, 0.15) is 5.82 Å². The first kappa shape index (κ1) is 25.4. The molecule has 1 fully saturated rings. The van der Waals surface area contributed by atoms with Crippen molar-refractivity contribution in [3.05, 3.63) is 88.2 Å². The smallest absolute Gasteiger partial charge is 0.261 e. The van der Waals surface area contributed by atoms with E-state index in [-0.39, 0.29) is 33.2 Å². The van der Waals surface area contributed by atoms with Gasteiger partial charge < -0.3 is 5.32 Å². The van der Waals surface area contributed by atoms with Crippen molar-refractivity contribution in [1.29, 1.82) is 0 Å². The van der Waals surface area contributed by atoms with Crippen molar-refractivity contribution < 1.29 is 17.6 Å². The molecule has 3 aromatic rings. The normalized spacial score (nSPS) is 15.1. The molecule has 0 aliphatic carbocycles. The number of benzene rings is 3. The van der Waals surface area contributed by atoms with Gasteiger partial charge in [0.25, 0.3) is 10.0 Å². The zero-order valence-electron chi connectivity index (χ0n) is 18.7. The molecule has 10 heteroatoms. The lowest BCUT2D eigenvalue weighted by Crippen LogP contribution is -2.37. The van der Waals surface area contributed by atoms with Gasteiger partial charge in [-0.25, -0.2) is 12.8 Å². The first-order valence-electron chi connectivity index (χ1n) is 11.1. The van der Waals surface area contributed by atoms with Crippen LogP contribution in [0, 0.1) is 11.7 Å². The Labute approximate surface area is 214 Å². The summed E-state index contributed by atoms with van der Waals surface area (Å²) in [7, 11) is -3.87. The third-order valence-corrected chi connectivity index (χ3v) is 7.81. The third kappa shape index (κ3) is 6.73. The van der Waals surface area contributed by atoms with Gasteiger partial charge in [-0.1, -0.05) is 35.3 Å². The topological polar surface area (TPSA) is 78.5 Å². The molecule has 1 aliphatic rings. The van der Waals surface area contributed by atoms with Crippen LogP contribution in [-0.4, -0.2) is 32.3 Å². The zero-order valence-corrected chi connectivity index (χ0v) is 21.0. The Morgan fingerprint density at radius 1 is 0.971 bits per heavy atom. The Bertz CT molecular complexity index is 1290. The summed E-state index contributed by atoms with van der Waals surface area (Å²) >= 11 is 11.9. The van der Waals surface area contributed by atoms with Gasteiger partial charge in [0.2, 0.25) is 5.91 Å². The van der Waals surface area contributed by atoms with Gasteiger partial charge >= 0.3 is 0 Å². The van der Waals surface area contributed by atoms with Crippen LogP contribution in [0.1, 0.15) is 18.4 Å². The Hall–Kier alpha value is -2.65. The number of rotatable bonds is 7. The van der Waals surface area contributed by atoms with Crippen LogP contribution in [0.25, 0.3) is 0 Å². The molecule has 1 amide bonds. The average Bonchev–Trinajstić information content (AvgIpc) is 2.83. The first-order chi connectivity index (χ1) is 16.7. The molecular formula is C25H24Cl2FN3O3S. The highest BCUT2D eigenvalue weighted by Crippen LogP contribution is 2.28. The van der Waals surface area contributed by atoms with E-state index in [0.717, 1.165) is 25.2 Å². The van der Waals surface area contributed by atoms with Crippen LogP contribution >= 0.6 is 23.2 Å². The van der Waals surface area contributed by atoms with Crippen molar-refractivity contribution in [2.45, 2.75) is 24.3 Å². The molecule has 1 aliphatic heterocycles. The van der Waals surface area contributed by atoms with Gasteiger partial charge in [-0.15, -0.1) is 0 Å². The van der Waals surface area contributed by atoms with Crippen LogP contribution in [0.15, 0.2) is 71.6 Å². The van der Waals surface area contributed by atoms with E-state index < -0.39 is 10.0 Å². The van der Waals surface area contributed by atoms with Crippen molar-refractivity contribution in [2.24, 2.45) is 5.92 Å². The van der Waals surface area contributed by atoms with Crippen LogP contribution in [0.4, 0.5) is 15.8 Å². The summed E-state index contributed by atoms with van der Waals surface area (Å²) in [5, 5.41) is 3.46. The standard InChI is InChI=1S/C25H24Cl2FN3O3S/c26-19-3-10-24(23(27)15-19)30-35(33,34)22-8-6-21(7-9-22)29-25(32)18-11-13-31(14-12-18)16-17-1-4-20(28)5-2-17/h1-10,15,18,30H,11-14,16H2,(H,29,32). The molecule has 0 bridgehead atoms. The fraction of sp³-hybridized carbons (Fsp3) is 0.240. The van der Waals surface area contributed by atoms with Crippen molar-refractivity contribution in [2.75, 3.05) is 23.1 Å². The monoisotopic (exact) mass is 535 g/mol. The molecule has 35 heavy (non-hydrogen) atoms. The van der Waals surface area contributed by atoms with Crippen LogP contribution in [-0.2, 0) is 21.4 Å². The van der Waals surface area contributed by atoms with Gasteiger partial charge in [0.15, 0.2) is 0 Å². The molecule has 1 saturated heterocycles. The lowest BCUT2D eigenvalue weighted by Gasteiger charge is -2.31. The molecule has 184 valence electrons. The minimum atomic E-state index is -3.87. The molecule has 6 nitrogen and oxygen atoms in total. The number of hydrogen-bond acceptors (Lipinski definition) is 4. The SMILES string of the molecule is O=C(Nc1ccc(S(=O)(=O)Nc2ccc(Cl)cc2Cl)cc1)C1CCN(Cc2ccc(F)cc2)CC1. The fourth-order valence-corrected chi connectivity index (χ4v) is 5.53. The molecule has 3 aromatic carbocycles. The number of carbonyl (C=O) groups is 1. The van der Waals surface area contributed by atoms with E-state index in [2.05, 4.69) is 14.9 Å². The Kier molecular flexibility index (Phi) is 7.96. The van der Waals surface area contributed by atoms with E-state index in [1.54, 1.807) is 24.3 Å². The van der Waals surface area contributed by atoms with Crippen LogP contribution < -0.4 is 10.0 Å². The molecule has 0 radical (unpaired) electrons. The number of piperidine rings is 1. The summed E-state index contributed by atoms with van der Waals surface area (Å²) < 4.78 is 40.9. The quantitative estimate of drug-likeness (QED) is 0.401. The predicted octanol–water partition coefficient (Wildman–Crippen LogP) is 5.78. The number of carbonyl (C=O) groups excluding carboxylic acids is 1. The molecule has 0 spiro atoms. The third-order valence-electron chi connectivity index (χ3n) is 5.89. The minimum absolute atomic E-state index is 0.0376. The maximum atomic E-state index is 13.1. The lowest BCUT2D eigenvalue weighted by atomic mass is 9.95. The van der Waals surface area contributed by atoms with Crippen LogP contribution in [0.2, 0.25) is 10.0 Å². The van der Waals surface area contributed by atoms with Gasteiger partial charge in [0, 0.05) is 23.2 Å². The number of sulfonamides is 1. The highest BCUT2D eigenvalue weighted by Gasteiger charge is 2.25. The second kappa shape index (κ2) is 11.0. The van der Waals surface area contributed by atoms with Gasteiger partial charge in [0.05, 0.1) is 15.6 Å². The minimum Gasteiger partial charge on any atom is -0.326 e.